The monoisotopic (exact) mass is 578 g/mol. The Kier molecular flexibility index (Phi) is 6.82. The molecule has 2 fully saturated rings. The number of anilines is 2. The van der Waals surface area contributed by atoms with Crippen molar-refractivity contribution >= 4 is 34.5 Å². The lowest BCUT2D eigenvalue weighted by atomic mass is 9.69. The molecule has 13 heteroatoms. The first-order chi connectivity index (χ1) is 20.0. The summed E-state index contributed by atoms with van der Waals surface area (Å²) in [7, 11) is 0. The van der Waals surface area contributed by atoms with E-state index in [0.29, 0.717) is 35.4 Å². The van der Waals surface area contributed by atoms with Crippen molar-refractivity contribution in [2.75, 3.05) is 24.1 Å². The number of amides is 2. The second kappa shape index (κ2) is 10.4. The van der Waals surface area contributed by atoms with Crippen molar-refractivity contribution in [3.8, 4) is 11.3 Å². The minimum atomic E-state index is -4.55. The number of nitrogens with two attached hydrogens (primary N) is 1. The molecule has 42 heavy (non-hydrogen) atoms. The zero-order valence-electron chi connectivity index (χ0n) is 22.9. The van der Waals surface area contributed by atoms with E-state index in [9.17, 15) is 22.8 Å². The lowest BCUT2D eigenvalue weighted by Gasteiger charge is -2.43. The van der Waals surface area contributed by atoms with E-state index in [4.69, 9.17) is 10.8 Å². The van der Waals surface area contributed by atoms with Crippen LogP contribution in [-0.2, 0) is 11.0 Å². The fourth-order valence-electron chi connectivity index (χ4n) is 5.74. The lowest BCUT2D eigenvalue weighted by molar-refractivity contribution is -0.147. The van der Waals surface area contributed by atoms with Gasteiger partial charge in [0.2, 0.25) is 5.91 Å². The maximum atomic E-state index is 13.3. The fourth-order valence-corrected chi connectivity index (χ4v) is 5.74. The number of pyridine rings is 1. The molecule has 0 bridgehead atoms. The quantitative estimate of drug-likeness (QED) is 0.337. The molecule has 1 saturated carbocycles. The maximum Gasteiger partial charge on any atom is 0.416 e. The number of carbonyl (C=O) groups excluding carboxylic acids is 2. The summed E-state index contributed by atoms with van der Waals surface area (Å²) < 4.78 is 40.9. The minimum Gasteiger partial charge on any atom is -0.383 e. The number of rotatable bonds is 5. The van der Waals surface area contributed by atoms with Gasteiger partial charge in [-0.1, -0.05) is 25.5 Å². The summed E-state index contributed by atoms with van der Waals surface area (Å²) in [5.41, 5.74) is 7.05. The van der Waals surface area contributed by atoms with Crippen molar-refractivity contribution in [1.82, 2.24) is 29.6 Å². The number of aromatic nitrogens is 5. The van der Waals surface area contributed by atoms with Gasteiger partial charge in [-0.25, -0.2) is 19.6 Å². The Bertz CT molecular complexity index is 1660. The SMILES string of the molecule is CC1(C(=O)N2CCCC(n3nc(-c4ccc(C(=O)Nc5cc(C(F)(F)F)ccn5)cc4)c4c(N)ncnc43)C2)CCC1. The van der Waals surface area contributed by atoms with Gasteiger partial charge in [0.25, 0.3) is 5.91 Å². The van der Waals surface area contributed by atoms with E-state index in [1.807, 2.05) is 16.5 Å². The van der Waals surface area contributed by atoms with Gasteiger partial charge < -0.3 is 16.0 Å². The topological polar surface area (TPSA) is 132 Å². The number of alkyl halides is 3. The zero-order chi connectivity index (χ0) is 29.6. The molecule has 4 heterocycles. The van der Waals surface area contributed by atoms with Gasteiger partial charge in [0.05, 0.1) is 17.0 Å². The molecule has 1 atom stereocenters. The highest BCUT2D eigenvalue weighted by Gasteiger charge is 2.43. The predicted molar refractivity (Wildman–Crippen MR) is 149 cm³/mol. The maximum absolute atomic E-state index is 13.3. The molecule has 218 valence electrons. The van der Waals surface area contributed by atoms with E-state index in [0.717, 1.165) is 50.4 Å². The number of likely N-dealkylation sites (tertiary alicyclic amines) is 1. The van der Waals surface area contributed by atoms with Crippen LogP contribution in [0, 0.1) is 5.41 Å². The summed E-state index contributed by atoms with van der Waals surface area (Å²) in [4.78, 5) is 40.4. The van der Waals surface area contributed by atoms with Crippen LogP contribution in [0.5, 0.6) is 0 Å². The molecule has 3 N–H and O–H groups in total. The number of nitrogen functional groups attached to an aromatic ring is 1. The summed E-state index contributed by atoms with van der Waals surface area (Å²) in [6.07, 6.45) is 2.39. The molecule has 4 aromatic rings. The minimum absolute atomic E-state index is 0.0954. The Balaban J connectivity index is 1.26. The number of halogens is 3. The van der Waals surface area contributed by atoms with Crippen LogP contribution in [0.15, 0.2) is 48.9 Å². The third-order valence-electron chi connectivity index (χ3n) is 8.27. The molecule has 10 nitrogen and oxygen atoms in total. The molecule has 2 aliphatic rings. The summed E-state index contributed by atoms with van der Waals surface area (Å²) in [5, 5.41) is 7.86. The van der Waals surface area contributed by atoms with Crippen molar-refractivity contribution in [1.29, 1.82) is 0 Å². The number of nitrogens with one attached hydrogen (secondary N) is 1. The number of carbonyl (C=O) groups is 2. The summed E-state index contributed by atoms with van der Waals surface area (Å²) in [6.45, 7) is 3.28. The molecule has 2 amide bonds. The molecule has 0 spiro atoms. The molecule has 3 aromatic heterocycles. The number of fused-ring (bicyclic) bond motifs is 1. The third kappa shape index (κ3) is 5.03. The third-order valence-corrected chi connectivity index (χ3v) is 8.27. The Morgan fingerprint density at radius 1 is 1.07 bits per heavy atom. The van der Waals surface area contributed by atoms with E-state index < -0.39 is 17.6 Å². The van der Waals surface area contributed by atoms with E-state index in [1.54, 1.807) is 24.3 Å². The molecular formula is C29H29F3N8O2. The normalized spacial score (nSPS) is 18.5. The zero-order valence-corrected chi connectivity index (χ0v) is 22.9. The van der Waals surface area contributed by atoms with Crippen molar-refractivity contribution in [3.63, 3.8) is 0 Å². The number of benzene rings is 1. The Morgan fingerprint density at radius 3 is 2.52 bits per heavy atom. The Labute approximate surface area is 239 Å². The fraction of sp³-hybridized carbons (Fsp3) is 0.379. The average molecular weight is 579 g/mol. The van der Waals surface area contributed by atoms with Gasteiger partial charge in [0, 0.05) is 35.8 Å². The van der Waals surface area contributed by atoms with E-state index in [1.165, 1.54) is 6.33 Å². The highest BCUT2D eigenvalue weighted by atomic mass is 19.4. The average Bonchev–Trinajstić information content (AvgIpc) is 3.36. The van der Waals surface area contributed by atoms with Crippen LogP contribution in [0.1, 0.15) is 61.0 Å². The molecule has 1 aliphatic heterocycles. The molecule has 1 aromatic carbocycles. The summed E-state index contributed by atoms with van der Waals surface area (Å²) in [6, 6.07) is 7.97. The van der Waals surface area contributed by atoms with Crippen LogP contribution in [0.25, 0.3) is 22.3 Å². The van der Waals surface area contributed by atoms with Crippen LogP contribution in [0.4, 0.5) is 24.8 Å². The van der Waals surface area contributed by atoms with E-state index in [-0.39, 0.29) is 34.6 Å². The van der Waals surface area contributed by atoms with Crippen LogP contribution in [0.3, 0.4) is 0 Å². The second-order valence-corrected chi connectivity index (χ2v) is 11.2. The van der Waals surface area contributed by atoms with Crippen LogP contribution < -0.4 is 11.1 Å². The van der Waals surface area contributed by atoms with Gasteiger partial charge in [0.1, 0.15) is 23.7 Å². The highest BCUT2D eigenvalue weighted by Crippen LogP contribution is 2.43. The van der Waals surface area contributed by atoms with Gasteiger partial charge >= 0.3 is 6.18 Å². The van der Waals surface area contributed by atoms with Crippen LogP contribution in [0.2, 0.25) is 0 Å². The standard InChI is InChI=1S/C29H29F3N8O2/c1-28(10-3-11-28)27(42)39-13-2-4-20(15-39)40-25-22(24(33)35-16-36-25)23(38-40)17-5-7-18(8-6-17)26(41)37-21-14-19(9-12-34-21)29(30,31)32/h5-9,12,14,16,20H,2-4,10-11,13,15H2,1H3,(H2,33,35,36)(H,34,37,41). The Hall–Kier alpha value is -4.55. The molecular weight excluding hydrogens is 549 g/mol. The lowest BCUT2D eigenvalue weighted by Crippen LogP contribution is -2.50. The van der Waals surface area contributed by atoms with Gasteiger partial charge in [0.15, 0.2) is 5.65 Å². The van der Waals surface area contributed by atoms with Crippen LogP contribution >= 0.6 is 0 Å². The number of piperidine rings is 1. The molecule has 0 radical (unpaired) electrons. The van der Waals surface area contributed by atoms with Crippen molar-refractivity contribution in [2.24, 2.45) is 5.41 Å². The molecule has 6 rings (SSSR count). The van der Waals surface area contributed by atoms with Crippen molar-refractivity contribution < 1.29 is 22.8 Å². The van der Waals surface area contributed by atoms with Crippen LogP contribution in [-0.4, -0.2) is 54.5 Å². The van der Waals surface area contributed by atoms with Gasteiger partial charge in [-0.05, 0) is 49.9 Å². The predicted octanol–water partition coefficient (Wildman–Crippen LogP) is 5.10. The Morgan fingerprint density at radius 2 is 1.83 bits per heavy atom. The summed E-state index contributed by atoms with van der Waals surface area (Å²) >= 11 is 0. The van der Waals surface area contributed by atoms with E-state index >= 15 is 0 Å². The highest BCUT2D eigenvalue weighted by molar-refractivity contribution is 6.04. The summed E-state index contributed by atoms with van der Waals surface area (Å²) in [5.74, 6) is -0.374. The molecule has 1 saturated heterocycles. The van der Waals surface area contributed by atoms with Crippen molar-refractivity contribution in [2.45, 2.75) is 51.2 Å². The second-order valence-electron chi connectivity index (χ2n) is 11.2. The first-order valence-corrected chi connectivity index (χ1v) is 13.8. The number of hydrogen-bond donors (Lipinski definition) is 2. The van der Waals surface area contributed by atoms with Gasteiger partial charge in [-0.3, -0.25) is 9.59 Å². The number of nitrogens with zero attached hydrogens (tertiary/aromatic N) is 6. The first kappa shape index (κ1) is 27.6. The molecule has 1 aliphatic carbocycles. The number of hydrogen-bond acceptors (Lipinski definition) is 7. The first-order valence-electron chi connectivity index (χ1n) is 13.8. The smallest absolute Gasteiger partial charge is 0.383 e. The van der Waals surface area contributed by atoms with Gasteiger partial charge in [-0.15, -0.1) is 0 Å². The largest absolute Gasteiger partial charge is 0.416 e. The molecule has 1 unspecified atom stereocenters. The van der Waals surface area contributed by atoms with Gasteiger partial charge in [-0.2, -0.15) is 18.3 Å². The van der Waals surface area contributed by atoms with Crippen molar-refractivity contribution in [3.05, 3.63) is 60.0 Å². The van der Waals surface area contributed by atoms with E-state index in [2.05, 4.69) is 20.3 Å².